The fourth-order valence-corrected chi connectivity index (χ4v) is 5.57. The lowest BCUT2D eigenvalue weighted by Crippen LogP contribution is -2.50. The Morgan fingerprint density at radius 1 is 1.09 bits per heavy atom. The highest BCUT2D eigenvalue weighted by atomic mass is 32.2. The number of nitrogens with zero attached hydrogens (tertiary/aromatic N) is 4. The summed E-state index contributed by atoms with van der Waals surface area (Å²) >= 11 is 0. The summed E-state index contributed by atoms with van der Waals surface area (Å²) in [5.41, 5.74) is 3.40. The molecule has 180 valence electrons. The van der Waals surface area contributed by atoms with Gasteiger partial charge in [-0.2, -0.15) is 9.57 Å². The Labute approximate surface area is 201 Å². The molecular weight excluding hydrogens is 452 g/mol. The van der Waals surface area contributed by atoms with Crippen LogP contribution in [0.5, 0.6) is 0 Å². The zero-order chi connectivity index (χ0) is 25.0. The molecule has 0 atom stereocenters. The van der Waals surface area contributed by atoms with Gasteiger partial charge in [0.25, 0.3) is 5.91 Å². The van der Waals surface area contributed by atoms with Gasteiger partial charge in [-0.1, -0.05) is 19.1 Å². The maximum atomic E-state index is 13.0. The molecule has 0 saturated carbocycles. The van der Waals surface area contributed by atoms with Crippen molar-refractivity contribution in [2.24, 2.45) is 0 Å². The van der Waals surface area contributed by atoms with Crippen LogP contribution < -0.4 is 0 Å². The summed E-state index contributed by atoms with van der Waals surface area (Å²) in [6.45, 7) is 9.01. The number of hydrogen-bond acceptors (Lipinski definition) is 5. The first-order valence-electron chi connectivity index (χ1n) is 11.3. The van der Waals surface area contributed by atoms with Crippen molar-refractivity contribution in [2.45, 2.75) is 45.6 Å². The Kier molecular flexibility index (Phi) is 7.75. The van der Waals surface area contributed by atoms with E-state index in [9.17, 15) is 23.3 Å². The maximum Gasteiger partial charge on any atom is 0.264 e. The highest BCUT2D eigenvalue weighted by Crippen LogP contribution is 2.22. The van der Waals surface area contributed by atoms with Gasteiger partial charge in [0.2, 0.25) is 10.0 Å². The fraction of sp³-hybridized carbons (Fsp3) is 0.400. The summed E-state index contributed by atoms with van der Waals surface area (Å²) in [5, 5.41) is 9.65. The third-order valence-corrected chi connectivity index (χ3v) is 8.05. The highest BCUT2D eigenvalue weighted by Gasteiger charge is 2.31. The molecule has 1 aliphatic heterocycles. The van der Waals surface area contributed by atoms with Gasteiger partial charge in [-0.05, 0) is 57.0 Å². The number of carbonyl (C=O) groups excluding carboxylic acids is 2. The number of ketones is 1. The topological polar surface area (TPSA) is 103 Å². The minimum atomic E-state index is -3.74. The first-order valence-corrected chi connectivity index (χ1v) is 12.7. The first-order chi connectivity index (χ1) is 16.1. The number of piperazine rings is 1. The molecule has 3 rings (SSSR count). The van der Waals surface area contributed by atoms with Crippen molar-refractivity contribution in [3.63, 3.8) is 0 Å². The smallest absolute Gasteiger partial charge is 0.264 e. The van der Waals surface area contributed by atoms with Crippen molar-refractivity contribution in [1.29, 1.82) is 5.26 Å². The van der Waals surface area contributed by atoms with Crippen LogP contribution in [0, 0.1) is 25.2 Å². The molecule has 2 heterocycles. The van der Waals surface area contributed by atoms with Crippen molar-refractivity contribution in [2.75, 3.05) is 26.2 Å². The van der Waals surface area contributed by atoms with Gasteiger partial charge in [-0.3, -0.25) is 9.59 Å². The van der Waals surface area contributed by atoms with Gasteiger partial charge in [0.1, 0.15) is 11.6 Å². The van der Waals surface area contributed by atoms with Crippen LogP contribution in [0.15, 0.2) is 40.8 Å². The average Bonchev–Trinajstić information content (AvgIpc) is 3.09. The number of amides is 1. The standard InChI is InChI=1S/C25H30N4O4S/c1-5-10-29-18(2)15-22(19(29)3)16-23(17-26)25(31)27-11-13-28(14-12-27)34(32,33)24-8-6-21(7-9-24)20(4)30/h6-9,15-16H,5,10-14H2,1-4H3/b23-16+. The second kappa shape index (κ2) is 10.4. The molecule has 9 heteroatoms. The number of nitriles is 1. The number of Topliss-reactive ketones (excluding diaryl/α,β-unsaturated/α-hetero) is 1. The third kappa shape index (κ3) is 5.13. The monoisotopic (exact) mass is 482 g/mol. The molecular formula is C25H30N4O4S. The second-order valence-corrected chi connectivity index (χ2v) is 10.4. The van der Waals surface area contributed by atoms with Gasteiger partial charge in [0.05, 0.1) is 4.90 Å². The quantitative estimate of drug-likeness (QED) is 0.343. The lowest BCUT2D eigenvalue weighted by atomic mass is 10.1. The predicted molar refractivity (Wildman–Crippen MR) is 130 cm³/mol. The van der Waals surface area contributed by atoms with Crippen molar-refractivity contribution >= 4 is 27.8 Å². The van der Waals surface area contributed by atoms with E-state index in [2.05, 4.69) is 11.5 Å². The van der Waals surface area contributed by atoms with E-state index in [-0.39, 0.29) is 42.4 Å². The molecule has 0 spiro atoms. The summed E-state index contributed by atoms with van der Waals surface area (Å²) < 4.78 is 29.4. The molecule has 1 saturated heterocycles. The van der Waals surface area contributed by atoms with Gasteiger partial charge in [0, 0.05) is 49.7 Å². The Hall–Kier alpha value is -3.22. The Morgan fingerprint density at radius 2 is 1.71 bits per heavy atom. The highest BCUT2D eigenvalue weighted by molar-refractivity contribution is 7.89. The molecule has 2 aromatic rings. The number of aromatic nitrogens is 1. The molecule has 0 N–H and O–H groups in total. The second-order valence-electron chi connectivity index (χ2n) is 8.42. The molecule has 1 aliphatic rings. The van der Waals surface area contributed by atoms with Crippen LogP contribution in [0.1, 0.15) is 47.6 Å². The third-order valence-electron chi connectivity index (χ3n) is 6.14. The number of rotatable bonds is 7. The largest absolute Gasteiger partial charge is 0.349 e. The van der Waals surface area contributed by atoms with E-state index < -0.39 is 15.9 Å². The molecule has 8 nitrogen and oxygen atoms in total. The Bertz CT molecular complexity index is 1260. The number of benzene rings is 1. The first kappa shape index (κ1) is 25.4. The van der Waals surface area contributed by atoms with E-state index in [1.807, 2.05) is 26.0 Å². The van der Waals surface area contributed by atoms with Crippen LogP contribution in [0.3, 0.4) is 0 Å². The SMILES string of the molecule is CCCn1c(C)cc(/C=C(\C#N)C(=O)N2CCN(S(=O)(=O)c3ccc(C(C)=O)cc3)CC2)c1C. The van der Waals surface area contributed by atoms with Gasteiger partial charge in [-0.25, -0.2) is 8.42 Å². The van der Waals surface area contributed by atoms with E-state index in [0.29, 0.717) is 5.56 Å². The molecule has 1 fully saturated rings. The molecule has 1 aromatic carbocycles. The summed E-state index contributed by atoms with van der Waals surface area (Å²) in [6.07, 6.45) is 2.61. The maximum absolute atomic E-state index is 13.0. The predicted octanol–water partition coefficient (Wildman–Crippen LogP) is 3.16. The normalized spacial score (nSPS) is 15.3. The van der Waals surface area contributed by atoms with Gasteiger partial charge in [0.15, 0.2) is 5.78 Å². The lowest BCUT2D eigenvalue weighted by molar-refractivity contribution is -0.127. The molecule has 0 aliphatic carbocycles. The van der Waals surface area contributed by atoms with E-state index in [4.69, 9.17) is 0 Å². The van der Waals surface area contributed by atoms with E-state index in [1.165, 1.54) is 40.4 Å². The van der Waals surface area contributed by atoms with E-state index in [1.54, 1.807) is 6.08 Å². The molecule has 0 bridgehead atoms. The van der Waals surface area contributed by atoms with Crippen LogP contribution in [0.2, 0.25) is 0 Å². The van der Waals surface area contributed by atoms with Crippen LogP contribution in [0.25, 0.3) is 6.08 Å². The van der Waals surface area contributed by atoms with Crippen molar-refractivity contribution in [3.05, 3.63) is 58.4 Å². The molecule has 0 radical (unpaired) electrons. The van der Waals surface area contributed by atoms with Gasteiger partial charge in [-0.15, -0.1) is 0 Å². The number of carbonyl (C=O) groups is 2. The summed E-state index contributed by atoms with van der Waals surface area (Å²) in [4.78, 5) is 26.1. The van der Waals surface area contributed by atoms with Crippen LogP contribution in [-0.4, -0.2) is 60.1 Å². The fourth-order valence-electron chi connectivity index (χ4n) is 4.15. The minimum Gasteiger partial charge on any atom is -0.349 e. The van der Waals surface area contributed by atoms with Crippen LogP contribution >= 0.6 is 0 Å². The molecule has 1 amide bonds. The average molecular weight is 483 g/mol. The summed E-state index contributed by atoms with van der Waals surface area (Å²) in [7, 11) is -3.74. The van der Waals surface area contributed by atoms with Gasteiger partial charge >= 0.3 is 0 Å². The zero-order valence-corrected chi connectivity index (χ0v) is 20.9. The Morgan fingerprint density at radius 3 is 2.24 bits per heavy atom. The number of aryl methyl sites for hydroxylation is 1. The molecule has 34 heavy (non-hydrogen) atoms. The summed E-state index contributed by atoms with van der Waals surface area (Å²) in [6, 6.07) is 9.83. The van der Waals surface area contributed by atoms with Crippen molar-refractivity contribution in [3.8, 4) is 6.07 Å². The van der Waals surface area contributed by atoms with Crippen LogP contribution in [-0.2, 0) is 21.4 Å². The zero-order valence-electron chi connectivity index (χ0n) is 20.0. The molecule has 0 unspecified atom stereocenters. The lowest BCUT2D eigenvalue weighted by Gasteiger charge is -2.33. The minimum absolute atomic E-state index is 0.0351. The van der Waals surface area contributed by atoms with Gasteiger partial charge < -0.3 is 9.47 Å². The molecule has 1 aromatic heterocycles. The van der Waals surface area contributed by atoms with Crippen molar-refractivity contribution in [1.82, 2.24) is 13.8 Å². The van der Waals surface area contributed by atoms with E-state index >= 15 is 0 Å². The van der Waals surface area contributed by atoms with Crippen LogP contribution in [0.4, 0.5) is 0 Å². The number of hydrogen-bond donors (Lipinski definition) is 0. The van der Waals surface area contributed by atoms with Crippen molar-refractivity contribution < 1.29 is 18.0 Å². The Balaban J connectivity index is 1.72. The summed E-state index contributed by atoms with van der Waals surface area (Å²) in [5.74, 6) is -0.532. The van der Waals surface area contributed by atoms with E-state index in [0.717, 1.165) is 29.9 Å². The number of sulfonamides is 1.